The SMILES string of the molecule is O=C(Nc1cnc2[nH]ccc2c1)c1c(F)ccc(NS(=O)CC(F)(F)F)c1F. The molecule has 0 bridgehead atoms. The molecule has 2 heterocycles. The van der Waals surface area contributed by atoms with Crippen molar-refractivity contribution in [3.63, 3.8) is 0 Å². The molecule has 1 amide bonds. The summed E-state index contributed by atoms with van der Waals surface area (Å²) in [5, 5.41) is 2.90. The molecular weight excluding hydrogens is 407 g/mol. The largest absolute Gasteiger partial charge is 0.402 e. The van der Waals surface area contributed by atoms with E-state index in [-0.39, 0.29) is 5.69 Å². The second-order valence-electron chi connectivity index (χ2n) is 5.58. The van der Waals surface area contributed by atoms with Crippen molar-refractivity contribution in [1.29, 1.82) is 0 Å². The van der Waals surface area contributed by atoms with Crippen LogP contribution >= 0.6 is 0 Å². The fourth-order valence-electron chi connectivity index (χ4n) is 2.35. The molecule has 0 saturated heterocycles. The van der Waals surface area contributed by atoms with Crippen LogP contribution in [0.4, 0.5) is 33.3 Å². The van der Waals surface area contributed by atoms with Gasteiger partial charge >= 0.3 is 6.18 Å². The Balaban J connectivity index is 1.84. The molecule has 1 atom stereocenters. The summed E-state index contributed by atoms with van der Waals surface area (Å²) in [6.45, 7) is 0. The number of alkyl halides is 3. The number of carbonyl (C=O) groups excluding carboxylic acids is 1. The molecule has 0 aliphatic rings. The Morgan fingerprint density at radius 2 is 1.96 bits per heavy atom. The number of carbonyl (C=O) groups is 1. The monoisotopic (exact) mass is 418 g/mol. The van der Waals surface area contributed by atoms with E-state index in [1.165, 1.54) is 12.3 Å². The molecule has 1 unspecified atom stereocenters. The Labute approximate surface area is 156 Å². The van der Waals surface area contributed by atoms with Gasteiger partial charge in [-0.25, -0.2) is 18.0 Å². The van der Waals surface area contributed by atoms with Gasteiger partial charge in [-0.05, 0) is 24.3 Å². The highest BCUT2D eigenvalue weighted by atomic mass is 32.2. The average molecular weight is 418 g/mol. The van der Waals surface area contributed by atoms with Crippen molar-refractivity contribution in [2.75, 3.05) is 15.8 Å². The second kappa shape index (κ2) is 7.54. The number of aromatic nitrogens is 2. The highest BCUT2D eigenvalue weighted by Gasteiger charge is 2.31. The number of halogens is 5. The van der Waals surface area contributed by atoms with Crippen LogP contribution < -0.4 is 10.0 Å². The van der Waals surface area contributed by atoms with E-state index in [1.54, 1.807) is 17.0 Å². The number of rotatable bonds is 5. The summed E-state index contributed by atoms with van der Waals surface area (Å²) in [5.74, 6) is -5.63. The highest BCUT2D eigenvalue weighted by molar-refractivity contribution is 7.86. The van der Waals surface area contributed by atoms with Crippen LogP contribution in [-0.2, 0) is 11.0 Å². The maximum absolute atomic E-state index is 14.5. The van der Waals surface area contributed by atoms with Crippen LogP contribution in [0, 0.1) is 11.6 Å². The molecule has 3 aromatic rings. The number of hydrogen-bond donors (Lipinski definition) is 3. The first-order valence-electron chi connectivity index (χ1n) is 7.58. The van der Waals surface area contributed by atoms with Crippen LogP contribution in [0.15, 0.2) is 36.7 Å². The molecular formula is C16H11F5N4O2S. The molecule has 3 rings (SSSR count). The first-order chi connectivity index (χ1) is 13.1. The van der Waals surface area contributed by atoms with Gasteiger partial charge in [-0.1, -0.05) is 0 Å². The van der Waals surface area contributed by atoms with Gasteiger partial charge in [-0.3, -0.25) is 4.79 Å². The third-order valence-electron chi connectivity index (χ3n) is 3.49. The Morgan fingerprint density at radius 1 is 1.21 bits per heavy atom. The number of nitrogens with one attached hydrogen (secondary N) is 3. The van der Waals surface area contributed by atoms with E-state index in [0.29, 0.717) is 17.1 Å². The lowest BCUT2D eigenvalue weighted by Crippen LogP contribution is -2.24. The van der Waals surface area contributed by atoms with Gasteiger partial charge in [0, 0.05) is 11.6 Å². The maximum Gasteiger partial charge on any atom is 0.402 e. The van der Waals surface area contributed by atoms with E-state index in [1.807, 2.05) is 0 Å². The van der Waals surface area contributed by atoms with Crippen LogP contribution in [0.1, 0.15) is 10.4 Å². The van der Waals surface area contributed by atoms with Gasteiger partial charge in [-0.2, -0.15) is 13.2 Å². The van der Waals surface area contributed by atoms with Crippen molar-refractivity contribution in [2.45, 2.75) is 6.18 Å². The average Bonchev–Trinajstić information content (AvgIpc) is 3.03. The fraction of sp³-hybridized carbons (Fsp3) is 0.125. The summed E-state index contributed by atoms with van der Waals surface area (Å²) in [4.78, 5) is 19.1. The van der Waals surface area contributed by atoms with Gasteiger partial charge in [0.2, 0.25) is 0 Å². The summed E-state index contributed by atoms with van der Waals surface area (Å²) in [6.07, 6.45) is -1.88. The van der Waals surface area contributed by atoms with E-state index in [0.717, 1.165) is 6.07 Å². The molecule has 2 aromatic heterocycles. The lowest BCUT2D eigenvalue weighted by Gasteiger charge is -2.12. The summed E-state index contributed by atoms with van der Waals surface area (Å²) in [7, 11) is -2.71. The molecule has 0 aliphatic heterocycles. The Hall–Kier alpha value is -3.02. The molecule has 3 N–H and O–H groups in total. The predicted octanol–water partition coefficient (Wildman–Crippen LogP) is 3.73. The van der Waals surface area contributed by atoms with Crippen molar-refractivity contribution >= 4 is 39.3 Å². The maximum atomic E-state index is 14.5. The molecule has 6 nitrogen and oxygen atoms in total. The van der Waals surface area contributed by atoms with Gasteiger partial charge in [0.15, 0.2) is 5.82 Å². The van der Waals surface area contributed by atoms with Crippen molar-refractivity contribution in [1.82, 2.24) is 9.97 Å². The van der Waals surface area contributed by atoms with Crippen molar-refractivity contribution in [3.05, 3.63) is 53.9 Å². The van der Waals surface area contributed by atoms with Crippen LogP contribution in [0.2, 0.25) is 0 Å². The minimum Gasteiger partial charge on any atom is -0.346 e. The zero-order valence-electron chi connectivity index (χ0n) is 13.7. The lowest BCUT2D eigenvalue weighted by molar-refractivity contribution is -0.105. The van der Waals surface area contributed by atoms with Crippen LogP contribution in [0.25, 0.3) is 11.0 Å². The van der Waals surface area contributed by atoms with Gasteiger partial charge < -0.3 is 15.0 Å². The summed E-state index contributed by atoms with van der Waals surface area (Å²) in [5.41, 5.74) is -1.06. The first kappa shape index (κ1) is 19.7. The number of anilines is 2. The van der Waals surface area contributed by atoms with E-state index in [2.05, 4.69) is 15.3 Å². The number of pyridine rings is 1. The molecule has 0 aliphatic carbocycles. The smallest absolute Gasteiger partial charge is 0.346 e. The number of benzene rings is 1. The molecule has 0 radical (unpaired) electrons. The molecule has 0 saturated carbocycles. The molecule has 0 fully saturated rings. The van der Waals surface area contributed by atoms with E-state index < -0.39 is 51.7 Å². The fourth-order valence-corrected chi connectivity index (χ4v) is 3.12. The van der Waals surface area contributed by atoms with Gasteiger partial charge in [0.1, 0.15) is 33.8 Å². The number of nitrogens with zero attached hydrogens (tertiary/aromatic N) is 1. The number of fused-ring (bicyclic) bond motifs is 1. The minimum absolute atomic E-state index is 0.148. The topological polar surface area (TPSA) is 86.9 Å². The summed E-state index contributed by atoms with van der Waals surface area (Å²) >= 11 is 0. The van der Waals surface area contributed by atoms with Crippen LogP contribution in [0.3, 0.4) is 0 Å². The number of H-pyrrole nitrogens is 1. The van der Waals surface area contributed by atoms with Crippen LogP contribution in [0.5, 0.6) is 0 Å². The van der Waals surface area contributed by atoms with E-state index in [9.17, 15) is 31.0 Å². The zero-order valence-corrected chi connectivity index (χ0v) is 14.5. The van der Waals surface area contributed by atoms with Gasteiger partial charge in [-0.15, -0.1) is 0 Å². The second-order valence-corrected chi connectivity index (χ2v) is 6.77. The standard InChI is InChI=1S/C16H11F5N4O2S/c17-10-1-2-11(25-28(27)7-16(19,20)21)13(18)12(10)15(26)24-9-5-8-3-4-22-14(8)23-6-9/h1-6,25H,7H2,(H,22,23)(H,24,26). The first-order valence-corrected chi connectivity index (χ1v) is 8.90. The summed E-state index contributed by atoms with van der Waals surface area (Å²) in [6, 6.07) is 4.61. The van der Waals surface area contributed by atoms with Crippen molar-refractivity contribution in [3.8, 4) is 0 Å². The molecule has 12 heteroatoms. The number of amides is 1. The van der Waals surface area contributed by atoms with Crippen molar-refractivity contribution < 1.29 is 31.0 Å². The minimum atomic E-state index is -4.75. The Bertz CT molecular complexity index is 1070. The van der Waals surface area contributed by atoms with Gasteiger partial charge in [0.25, 0.3) is 5.91 Å². The molecule has 0 spiro atoms. The third-order valence-corrected chi connectivity index (χ3v) is 4.53. The van der Waals surface area contributed by atoms with Crippen LogP contribution in [-0.4, -0.2) is 32.0 Å². The lowest BCUT2D eigenvalue weighted by atomic mass is 10.1. The quantitative estimate of drug-likeness (QED) is 0.552. The Morgan fingerprint density at radius 3 is 2.68 bits per heavy atom. The number of aromatic amines is 1. The zero-order chi connectivity index (χ0) is 20.5. The number of hydrogen-bond acceptors (Lipinski definition) is 3. The molecule has 1 aromatic carbocycles. The normalized spacial score (nSPS) is 12.8. The summed E-state index contributed by atoms with van der Waals surface area (Å²) < 4.78 is 78.5. The highest BCUT2D eigenvalue weighted by Crippen LogP contribution is 2.25. The molecule has 148 valence electrons. The van der Waals surface area contributed by atoms with E-state index >= 15 is 0 Å². The van der Waals surface area contributed by atoms with Gasteiger partial charge in [0.05, 0.1) is 17.6 Å². The van der Waals surface area contributed by atoms with E-state index in [4.69, 9.17) is 0 Å². The predicted molar refractivity (Wildman–Crippen MR) is 93.1 cm³/mol. The van der Waals surface area contributed by atoms with Crippen molar-refractivity contribution in [2.24, 2.45) is 0 Å². The molecule has 28 heavy (non-hydrogen) atoms. The Kier molecular flexibility index (Phi) is 5.31. The third kappa shape index (κ3) is 4.44.